The van der Waals surface area contributed by atoms with E-state index in [4.69, 9.17) is 5.11 Å². The number of hydrogen-bond acceptors (Lipinski definition) is 3. The molecule has 1 rings (SSSR count). The van der Waals surface area contributed by atoms with Gasteiger partial charge in [0, 0.05) is 12.6 Å². The first-order valence-electron chi connectivity index (χ1n) is 5.84. The number of alkyl halides is 3. The van der Waals surface area contributed by atoms with Gasteiger partial charge in [0.1, 0.15) is 5.54 Å². The van der Waals surface area contributed by atoms with Crippen molar-refractivity contribution in [1.82, 2.24) is 5.32 Å². The van der Waals surface area contributed by atoms with Gasteiger partial charge in [-0.2, -0.15) is 13.2 Å². The van der Waals surface area contributed by atoms with Gasteiger partial charge in [0.15, 0.2) is 6.10 Å². The summed E-state index contributed by atoms with van der Waals surface area (Å²) < 4.78 is 41.2. The van der Waals surface area contributed by atoms with Crippen LogP contribution in [0.3, 0.4) is 0 Å². The zero-order chi connectivity index (χ0) is 14.0. The molecule has 0 saturated heterocycles. The van der Waals surface area contributed by atoms with Crippen molar-refractivity contribution in [3.8, 4) is 0 Å². The number of carboxylic acids is 1. The third-order valence-electron chi connectivity index (χ3n) is 3.00. The van der Waals surface area contributed by atoms with Crippen LogP contribution in [0.25, 0.3) is 0 Å². The van der Waals surface area contributed by atoms with Crippen LogP contribution in [0.15, 0.2) is 0 Å². The predicted octanol–water partition coefficient (Wildman–Crippen LogP) is 1.94. The van der Waals surface area contributed by atoms with E-state index >= 15 is 0 Å². The molecule has 106 valence electrons. The van der Waals surface area contributed by atoms with E-state index in [2.05, 4.69) is 10.1 Å². The van der Waals surface area contributed by atoms with Crippen LogP contribution in [0.4, 0.5) is 13.2 Å². The molecule has 2 unspecified atom stereocenters. The Balaban J connectivity index is 2.40. The maximum absolute atomic E-state index is 12.2. The minimum Gasteiger partial charge on any atom is -0.480 e. The molecule has 1 aliphatic rings. The van der Waals surface area contributed by atoms with E-state index in [0.29, 0.717) is 0 Å². The second-order valence-electron chi connectivity index (χ2n) is 4.86. The van der Waals surface area contributed by atoms with Crippen LogP contribution in [0, 0.1) is 0 Å². The van der Waals surface area contributed by atoms with Crippen molar-refractivity contribution in [2.24, 2.45) is 0 Å². The predicted molar refractivity (Wildman–Crippen MR) is 58.3 cm³/mol. The molecule has 1 saturated carbocycles. The normalized spacial score (nSPS) is 21.4. The van der Waals surface area contributed by atoms with Crippen LogP contribution in [0.1, 0.15) is 33.1 Å². The molecular formula is C11H18F3NO3. The van der Waals surface area contributed by atoms with Crippen molar-refractivity contribution in [1.29, 1.82) is 0 Å². The summed E-state index contributed by atoms with van der Waals surface area (Å²) in [7, 11) is 0. The molecular weight excluding hydrogens is 251 g/mol. The van der Waals surface area contributed by atoms with Gasteiger partial charge in [-0.1, -0.05) is 0 Å². The zero-order valence-electron chi connectivity index (χ0n) is 10.4. The molecule has 0 aromatic rings. The highest BCUT2D eigenvalue weighted by Gasteiger charge is 2.40. The third-order valence-corrected chi connectivity index (χ3v) is 3.00. The van der Waals surface area contributed by atoms with E-state index in [9.17, 15) is 18.0 Å². The van der Waals surface area contributed by atoms with E-state index in [0.717, 1.165) is 19.8 Å². The highest BCUT2D eigenvalue weighted by Crippen LogP contribution is 2.26. The SMILES string of the molecule is CC(OCCC(C)(NC1CC1)C(=O)O)C(F)(F)F. The first kappa shape index (κ1) is 15.2. The van der Waals surface area contributed by atoms with Gasteiger partial charge in [-0.25, -0.2) is 0 Å². The molecule has 0 spiro atoms. The minimum absolute atomic E-state index is 0.000741. The van der Waals surface area contributed by atoms with Crippen LogP contribution < -0.4 is 5.32 Å². The van der Waals surface area contributed by atoms with Crippen molar-refractivity contribution < 1.29 is 27.8 Å². The van der Waals surface area contributed by atoms with E-state index in [-0.39, 0.29) is 19.1 Å². The molecule has 7 heteroatoms. The van der Waals surface area contributed by atoms with Crippen LogP contribution >= 0.6 is 0 Å². The molecule has 0 amide bonds. The summed E-state index contributed by atoms with van der Waals surface area (Å²) in [5.74, 6) is -1.07. The fourth-order valence-corrected chi connectivity index (χ4v) is 1.45. The number of nitrogens with one attached hydrogen (secondary N) is 1. The summed E-state index contributed by atoms with van der Waals surface area (Å²) in [6.45, 7) is 2.13. The van der Waals surface area contributed by atoms with Crippen molar-refractivity contribution in [2.45, 2.75) is 57.0 Å². The number of carboxylic acid groups (broad SMARTS) is 1. The van der Waals surface area contributed by atoms with Gasteiger partial charge in [-0.05, 0) is 33.1 Å². The summed E-state index contributed by atoms with van der Waals surface area (Å²) in [4.78, 5) is 11.1. The summed E-state index contributed by atoms with van der Waals surface area (Å²) in [5.41, 5.74) is -1.23. The molecule has 0 bridgehead atoms. The van der Waals surface area contributed by atoms with Gasteiger partial charge in [-0.3, -0.25) is 10.1 Å². The molecule has 2 N–H and O–H groups in total. The Morgan fingerprint density at radius 2 is 2.06 bits per heavy atom. The Morgan fingerprint density at radius 3 is 2.44 bits per heavy atom. The second-order valence-corrected chi connectivity index (χ2v) is 4.86. The number of aliphatic carboxylic acids is 1. The lowest BCUT2D eigenvalue weighted by atomic mass is 9.98. The number of hydrogen-bond donors (Lipinski definition) is 2. The van der Waals surface area contributed by atoms with E-state index in [1.54, 1.807) is 0 Å². The topological polar surface area (TPSA) is 58.6 Å². The Kier molecular flexibility index (Phi) is 4.61. The van der Waals surface area contributed by atoms with Crippen molar-refractivity contribution in [2.75, 3.05) is 6.61 Å². The Hall–Kier alpha value is -0.820. The standard InChI is InChI=1S/C11H18F3NO3/c1-7(11(12,13)14)18-6-5-10(2,9(16)17)15-8-3-4-8/h7-8,15H,3-6H2,1-2H3,(H,16,17). The fourth-order valence-electron chi connectivity index (χ4n) is 1.45. The van der Waals surface area contributed by atoms with Crippen LogP contribution in [0.5, 0.6) is 0 Å². The number of ether oxygens (including phenoxy) is 1. The van der Waals surface area contributed by atoms with Gasteiger partial charge in [0.25, 0.3) is 0 Å². The molecule has 4 nitrogen and oxygen atoms in total. The molecule has 0 heterocycles. The Bertz CT molecular complexity index is 304. The van der Waals surface area contributed by atoms with Gasteiger partial charge in [-0.15, -0.1) is 0 Å². The molecule has 18 heavy (non-hydrogen) atoms. The maximum Gasteiger partial charge on any atom is 0.414 e. The van der Waals surface area contributed by atoms with Crippen LogP contribution in [-0.4, -0.2) is 41.5 Å². The lowest BCUT2D eigenvalue weighted by Crippen LogP contribution is -2.51. The fraction of sp³-hybridized carbons (Fsp3) is 0.909. The third kappa shape index (κ3) is 4.45. The van der Waals surface area contributed by atoms with Crippen LogP contribution in [0.2, 0.25) is 0 Å². The molecule has 0 aromatic heterocycles. The quantitative estimate of drug-likeness (QED) is 0.741. The van der Waals surface area contributed by atoms with Gasteiger partial charge < -0.3 is 9.84 Å². The average Bonchev–Trinajstić information content (AvgIpc) is 2.99. The number of carbonyl (C=O) groups is 1. The van der Waals surface area contributed by atoms with Gasteiger partial charge in [0.05, 0.1) is 0 Å². The van der Waals surface area contributed by atoms with E-state index < -0.39 is 23.8 Å². The Labute approximate surface area is 103 Å². The van der Waals surface area contributed by atoms with E-state index in [1.807, 2.05) is 0 Å². The highest BCUT2D eigenvalue weighted by molar-refractivity contribution is 5.78. The molecule has 2 atom stereocenters. The summed E-state index contributed by atoms with van der Waals surface area (Å²) in [6.07, 6.45) is -4.48. The first-order valence-corrected chi connectivity index (χ1v) is 5.84. The highest BCUT2D eigenvalue weighted by atomic mass is 19.4. The van der Waals surface area contributed by atoms with Crippen molar-refractivity contribution in [3.05, 3.63) is 0 Å². The van der Waals surface area contributed by atoms with Crippen LogP contribution in [-0.2, 0) is 9.53 Å². The molecule has 0 radical (unpaired) electrons. The smallest absolute Gasteiger partial charge is 0.414 e. The van der Waals surface area contributed by atoms with Gasteiger partial charge in [0.2, 0.25) is 0 Å². The van der Waals surface area contributed by atoms with Gasteiger partial charge >= 0.3 is 12.1 Å². The molecule has 0 aromatic carbocycles. The largest absolute Gasteiger partial charge is 0.480 e. The molecule has 1 aliphatic carbocycles. The lowest BCUT2D eigenvalue weighted by Gasteiger charge is -2.27. The first-order chi connectivity index (χ1) is 8.15. The second kappa shape index (κ2) is 5.44. The number of rotatable bonds is 7. The molecule has 0 aliphatic heterocycles. The number of halogens is 3. The van der Waals surface area contributed by atoms with E-state index in [1.165, 1.54) is 6.92 Å². The molecule has 1 fully saturated rings. The van der Waals surface area contributed by atoms with Crippen molar-refractivity contribution >= 4 is 5.97 Å². The Morgan fingerprint density at radius 1 is 1.50 bits per heavy atom. The average molecular weight is 269 g/mol. The minimum atomic E-state index is -4.41. The summed E-state index contributed by atoms with van der Waals surface area (Å²) >= 11 is 0. The lowest BCUT2D eigenvalue weighted by molar-refractivity contribution is -0.215. The summed E-state index contributed by atoms with van der Waals surface area (Å²) in [5, 5.41) is 12.0. The maximum atomic E-state index is 12.2. The monoisotopic (exact) mass is 269 g/mol. The van der Waals surface area contributed by atoms with Crippen molar-refractivity contribution in [3.63, 3.8) is 0 Å². The summed E-state index contributed by atoms with van der Waals surface area (Å²) in [6, 6.07) is 0.158. The zero-order valence-corrected chi connectivity index (χ0v) is 10.4.